The summed E-state index contributed by atoms with van der Waals surface area (Å²) in [5.74, 6) is -1.54. The van der Waals surface area contributed by atoms with Crippen LogP contribution in [0.2, 0.25) is 0 Å². The highest BCUT2D eigenvalue weighted by atomic mass is 16.6. The Morgan fingerprint density at radius 3 is 2.30 bits per heavy atom. The predicted octanol–water partition coefficient (Wildman–Crippen LogP) is 3.96. The molecule has 148 valence electrons. The summed E-state index contributed by atoms with van der Waals surface area (Å²) in [6, 6.07) is 16.7. The summed E-state index contributed by atoms with van der Waals surface area (Å²) in [6.45, 7) is 1.90. The number of fused-ring (bicyclic) bond motifs is 1. The van der Waals surface area contributed by atoms with Crippen molar-refractivity contribution in [2.45, 2.75) is 6.92 Å². The van der Waals surface area contributed by atoms with Crippen LogP contribution in [0.1, 0.15) is 36.6 Å². The van der Waals surface area contributed by atoms with E-state index in [-0.39, 0.29) is 28.1 Å². The van der Waals surface area contributed by atoms with Crippen molar-refractivity contribution in [1.82, 2.24) is 0 Å². The van der Waals surface area contributed by atoms with Gasteiger partial charge >= 0.3 is 0 Å². The molecule has 0 aliphatic carbocycles. The molecule has 8 heteroatoms. The summed E-state index contributed by atoms with van der Waals surface area (Å²) < 4.78 is 0. The minimum Gasteiger partial charge on any atom is -0.322 e. The molecule has 0 unspecified atom stereocenters. The summed E-state index contributed by atoms with van der Waals surface area (Å²) in [5.41, 5.74) is 2.20. The Hall–Kier alpha value is -4.33. The molecule has 0 saturated heterocycles. The number of non-ortho nitro benzene ring substituents is 1. The number of hydrogen-bond donors (Lipinski definition) is 1. The third kappa shape index (κ3) is 3.30. The third-order valence-electron chi connectivity index (χ3n) is 4.74. The summed E-state index contributed by atoms with van der Waals surface area (Å²) >= 11 is 0. The van der Waals surface area contributed by atoms with E-state index in [0.29, 0.717) is 5.69 Å². The van der Waals surface area contributed by atoms with Crippen LogP contribution in [-0.2, 0) is 0 Å². The lowest BCUT2D eigenvalue weighted by Crippen LogP contribution is -2.29. The molecule has 3 aromatic rings. The van der Waals surface area contributed by atoms with Gasteiger partial charge in [-0.25, -0.2) is 4.90 Å². The second-order valence-electron chi connectivity index (χ2n) is 6.80. The van der Waals surface area contributed by atoms with E-state index >= 15 is 0 Å². The van der Waals surface area contributed by atoms with Gasteiger partial charge < -0.3 is 5.32 Å². The Morgan fingerprint density at radius 1 is 0.933 bits per heavy atom. The number of aryl methyl sites for hydroxylation is 1. The average molecular weight is 401 g/mol. The van der Waals surface area contributed by atoms with E-state index in [0.717, 1.165) is 10.5 Å². The molecule has 30 heavy (non-hydrogen) atoms. The van der Waals surface area contributed by atoms with Crippen LogP contribution in [0.15, 0.2) is 66.7 Å². The number of anilines is 2. The molecule has 0 atom stereocenters. The lowest BCUT2D eigenvalue weighted by atomic mass is 10.1. The molecule has 1 heterocycles. The Balaban J connectivity index is 1.61. The van der Waals surface area contributed by atoms with E-state index < -0.39 is 22.6 Å². The van der Waals surface area contributed by atoms with E-state index in [2.05, 4.69) is 5.32 Å². The minimum atomic E-state index is -0.589. The number of nitrogens with one attached hydrogen (secondary N) is 1. The van der Waals surface area contributed by atoms with Gasteiger partial charge in [0.1, 0.15) is 0 Å². The maximum atomic E-state index is 12.8. The lowest BCUT2D eigenvalue weighted by Gasteiger charge is -2.13. The van der Waals surface area contributed by atoms with Gasteiger partial charge in [0.15, 0.2) is 0 Å². The van der Waals surface area contributed by atoms with Gasteiger partial charge in [0.05, 0.1) is 21.7 Å². The quantitative estimate of drug-likeness (QED) is 0.404. The third-order valence-corrected chi connectivity index (χ3v) is 4.74. The predicted molar refractivity (Wildman–Crippen MR) is 110 cm³/mol. The highest BCUT2D eigenvalue weighted by Gasteiger charge is 2.37. The standard InChI is InChI=1S/C22H15N3O5/c1-13-3-2-4-15(11-13)23-20(26)14-5-10-18-19(12-14)22(28)24(21(18)27)16-6-8-17(9-7-16)25(29)30/h2-12H,1H3,(H,23,26). The molecule has 0 aromatic heterocycles. The molecule has 0 spiro atoms. The lowest BCUT2D eigenvalue weighted by molar-refractivity contribution is -0.384. The summed E-state index contributed by atoms with van der Waals surface area (Å²) in [4.78, 5) is 49.3. The number of nitro groups is 1. The number of amides is 3. The van der Waals surface area contributed by atoms with Gasteiger partial charge in [-0.15, -0.1) is 0 Å². The van der Waals surface area contributed by atoms with Crippen molar-refractivity contribution in [3.63, 3.8) is 0 Å². The van der Waals surface area contributed by atoms with E-state index in [1.807, 2.05) is 25.1 Å². The van der Waals surface area contributed by atoms with Crippen LogP contribution in [0.3, 0.4) is 0 Å². The first-order valence-electron chi connectivity index (χ1n) is 9.00. The first kappa shape index (κ1) is 19.0. The van der Waals surface area contributed by atoms with Crippen LogP contribution >= 0.6 is 0 Å². The summed E-state index contributed by atoms with van der Waals surface area (Å²) in [5, 5.41) is 13.6. The number of nitrogens with zero attached hydrogens (tertiary/aromatic N) is 2. The van der Waals surface area contributed by atoms with Crippen molar-refractivity contribution < 1.29 is 19.3 Å². The molecule has 1 aliphatic rings. The van der Waals surface area contributed by atoms with Crippen molar-refractivity contribution >= 4 is 34.8 Å². The molecule has 0 bridgehead atoms. The maximum Gasteiger partial charge on any atom is 0.269 e. The number of imide groups is 1. The van der Waals surface area contributed by atoms with Gasteiger partial charge in [-0.05, 0) is 55.0 Å². The zero-order valence-electron chi connectivity index (χ0n) is 15.8. The van der Waals surface area contributed by atoms with Gasteiger partial charge in [0, 0.05) is 23.4 Å². The van der Waals surface area contributed by atoms with Crippen LogP contribution in [0.4, 0.5) is 17.1 Å². The van der Waals surface area contributed by atoms with Crippen molar-refractivity contribution in [2.75, 3.05) is 10.2 Å². The van der Waals surface area contributed by atoms with E-state index in [9.17, 15) is 24.5 Å². The molecular weight excluding hydrogens is 386 g/mol. The highest BCUT2D eigenvalue weighted by molar-refractivity contribution is 6.34. The molecule has 1 N–H and O–H groups in total. The highest BCUT2D eigenvalue weighted by Crippen LogP contribution is 2.30. The van der Waals surface area contributed by atoms with Crippen molar-refractivity contribution in [3.05, 3.63) is 99.1 Å². The van der Waals surface area contributed by atoms with Crippen LogP contribution in [0, 0.1) is 17.0 Å². The number of nitro benzene ring substituents is 1. The Bertz CT molecular complexity index is 1220. The molecule has 3 amide bonds. The van der Waals surface area contributed by atoms with Crippen LogP contribution in [-0.4, -0.2) is 22.6 Å². The molecule has 0 saturated carbocycles. The van der Waals surface area contributed by atoms with Gasteiger partial charge in [-0.3, -0.25) is 24.5 Å². The molecule has 4 rings (SSSR count). The molecule has 3 aromatic carbocycles. The fourth-order valence-electron chi connectivity index (χ4n) is 3.27. The molecular formula is C22H15N3O5. The smallest absolute Gasteiger partial charge is 0.269 e. The Morgan fingerprint density at radius 2 is 1.63 bits per heavy atom. The van der Waals surface area contributed by atoms with Gasteiger partial charge in [0.2, 0.25) is 0 Å². The largest absolute Gasteiger partial charge is 0.322 e. The summed E-state index contributed by atoms with van der Waals surface area (Å²) in [7, 11) is 0. The Kier molecular flexibility index (Phi) is 4.59. The number of rotatable bonds is 4. The molecule has 0 fully saturated rings. The van der Waals surface area contributed by atoms with Crippen LogP contribution in [0.5, 0.6) is 0 Å². The molecule has 0 radical (unpaired) electrons. The van der Waals surface area contributed by atoms with Gasteiger partial charge in [-0.2, -0.15) is 0 Å². The fraction of sp³-hybridized carbons (Fsp3) is 0.0455. The zero-order chi connectivity index (χ0) is 21.4. The van der Waals surface area contributed by atoms with Crippen LogP contribution in [0.25, 0.3) is 0 Å². The van der Waals surface area contributed by atoms with Crippen molar-refractivity contribution in [2.24, 2.45) is 0 Å². The average Bonchev–Trinajstić information content (AvgIpc) is 2.98. The first-order chi connectivity index (χ1) is 14.3. The van der Waals surface area contributed by atoms with Crippen molar-refractivity contribution in [1.29, 1.82) is 0 Å². The van der Waals surface area contributed by atoms with Gasteiger partial charge in [-0.1, -0.05) is 12.1 Å². The van der Waals surface area contributed by atoms with Gasteiger partial charge in [0.25, 0.3) is 23.4 Å². The topological polar surface area (TPSA) is 110 Å². The monoisotopic (exact) mass is 401 g/mol. The Labute approximate surface area is 170 Å². The SMILES string of the molecule is Cc1cccc(NC(=O)c2ccc3c(c2)C(=O)N(c2ccc([N+](=O)[O-])cc2)C3=O)c1. The molecule has 1 aliphatic heterocycles. The second kappa shape index (κ2) is 7.25. The van der Waals surface area contributed by atoms with E-state index in [1.165, 1.54) is 42.5 Å². The summed E-state index contributed by atoms with van der Waals surface area (Å²) in [6.07, 6.45) is 0. The van der Waals surface area contributed by atoms with E-state index in [4.69, 9.17) is 0 Å². The number of carbonyl (C=O) groups excluding carboxylic acids is 3. The van der Waals surface area contributed by atoms with Crippen LogP contribution < -0.4 is 10.2 Å². The second-order valence-corrected chi connectivity index (χ2v) is 6.80. The first-order valence-corrected chi connectivity index (χ1v) is 9.00. The normalized spacial score (nSPS) is 12.6. The molecule has 8 nitrogen and oxygen atoms in total. The number of benzene rings is 3. The van der Waals surface area contributed by atoms with Crippen molar-refractivity contribution in [3.8, 4) is 0 Å². The fourth-order valence-corrected chi connectivity index (χ4v) is 3.27. The number of carbonyl (C=O) groups is 3. The maximum absolute atomic E-state index is 12.8. The van der Waals surface area contributed by atoms with E-state index in [1.54, 1.807) is 6.07 Å². The minimum absolute atomic E-state index is 0.107. The number of hydrogen-bond acceptors (Lipinski definition) is 5. The zero-order valence-corrected chi connectivity index (χ0v) is 15.8.